The Hall–Kier alpha value is -3.69. The highest BCUT2D eigenvalue weighted by Gasteiger charge is 2.43. The Kier molecular flexibility index (Phi) is 7.09. The minimum atomic E-state index is -4.65. The number of nitrogens with one attached hydrogen (secondary N) is 2. The van der Waals surface area contributed by atoms with Gasteiger partial charge in [-0.25, -0.2) is 4.39 Å². The first-order valence-corrected chi connectivity index (χ1v) is 10.4. The van der Waals surface area contributed by atoms with Crippen molar-refractivity contribution < 1.29 is 27.2 Å². The van der Waals surface area contributed by atoms with Crippen molar-refractivity contribution in [2.45, 2.75) is 44.9 Å². The topological polar surface area (TPSA) is 96.6 Å². The average molecular weight is 476 g/mol. The van der Waals surface area contributed by atoms with Crippen LogP contribution in [0.15, 0.2) is 64.8 Å². The van der Waals surface area contributed by atoms with Crippen molar-refractivity contribution >= 4 is 17.6 Å². The van der Waals surface area contributed by atoms with E-state index in [2.05, 4.69) is 15.6 Å². The number of nitrogens with zero attached hydrogens (tertiary/aromatic N) is 1. The first-order valence-electron chi connectivity index (χ1n) is 10.4. The minimum absolute atomic E-state index is 0.0947. The highest BCUT2D eigenvalue weighted by atomic mass is 19.4. The maximum absolute atomic E-state index is 13.6. The van der Waals surface area contributed by atoms with Gasteiger partial charge in [-0.2, -0.15) is 13.2 Å². The lowest BCUT2D eigenvalue weighted by atomic mass is 9.79. The number of hydrogen-bond donors (Lipinski definition) is 3. The fourth-order valence-electron chi connectivity index (χ4n) is 3.72. The van der Waals surface area contributed by atoms with Crippen LogP contribution >= 0.6 is 0 Å². The highest BCUT2D eigenvalue weighted by Crippen LogP contribution is 2.34. The molecule has 2 amide bonds. The van der Waals surface area contributed by atoms with Crippen LogP contribution in [-0.2, 0) is 4.79 Å². The predicted octanol–water partition coefficient (Wildman–Crippen LogP) is 3.73. The van der Waals surface area contributed by atoms with Crippen molar-refractivity contribution in [1.82, 2.24) is 10.6 Å². The third-order valence-corrected chi connectivity index (χ3v) is 5.44. The van der Waals surface area contributed by atoms with E-state index in [1.165, 1.54) is 19.1 Å². The molecule has 10 heteroatoms. The van der Waals surface area contributed by atoms with Gasteiger partial charge in [-0.05, 0) is 50.6 Å². The van der Waals surface area contributed by atoms with Crippen LogP contribution in [-0.4, -0.2) is 35.9 Å². The summed E-state index contributed by atoms with van der Waals surface area (Å²) in [6.07, 6.45) is -4.65. The smallest absolute Gasteiger partial charge is 0.402 e. The zero-order chi connectivity index (χ0) is 25.2. The number of nitrogens with two attached hydrogens (primary N) is 1. The monoisotopic (exact) mass is 476 g/mol. The molecule has 0 aromatic heterocycles. The van der Waals surface area contributed by atoms with Crippen molar-refractivity contribution in [1.29, 1.82) is 0 Å². The number of carbonyl (C=O) groups is 2. The second-order valence-corrected chi connectivity index (χ2v) is 8.13. The van der Waals surface area contributed by atoms with Gasteiger partial charge in [0.25, 0.3) is 5.91 Å². The lowest BCUT2D eigenvalue weighted by Crippen LogP contribution is -2.58. The third kappa shape index (κ3) is 5.44. The predicted molar refractivity (Wildman–Crippen MR) is 120 cm³/mol. The van der Waals surface area contributed by atoms with Crippen LogP contribution in [0.4, 0.5) is 17.6 Å². The maximum atomic E-state index is 13.6. The van der Waals surface area contributed by atoms with Crippen LogP contribution in [0, 0.1) is 12.7 Å². The van der Waals surface area contributed by atoms with Gasteiger partial charge in [0, 0.05) is 22.8 Å². The number of allylic oxidation sites excluding steroid dienone is 1. The highest BCUT2D eigenvalue weighted by molar-refractivity contribution is 6.15. The SMILES string of the molecule is CC(N)=C1C(=NC(C)C(F)(F)F)NC(=O)C(NC(=O)c2cccc(C)c2)[C@H]1c1ccc(F)cc1. The molecule has 180 valence electrons. The number of amidine groups is 1. The van der Waals surface area contributed by atoms with Gasteiger partial charge in [0.1, 0.15) is 23.7 Å². The number of aliphatic imine (C=N–C) groups is 1. The number of rotatable bonds is 4. The zero-order valence-electron chi connectivity index (χ0n) is 18.7. The molecule has 2 aromatic carbocycles. The molecular formula is C24H24F4N4O2. The van der Waals surface area contributed by atoms with Crippen LogP contribution in [0.5, 0.6) is 0 Å². The van der Waals surface area contributed by atoms with Crippen molar-refractivity contribution in [2.24, 2.45) is 10.7 Å². The fraction of sp³-hybridized carbons (Fsp3) is 0.292. The Morgan fingerprint density at radius 2 is 1.82 bits per heavy atom. The average Bonchev–Trinajstić information content (AvgIpc) is 2.74. The summed E-state index contributed by atoms with van der Waals surface area (Å²) in [5, 5.41) is 5.02. The second-order valence-electron chi connectivity index (χ2n) is 8.13. The number of piperidine rings is 1. The third-order valence-electron chi connectivity index (χ3n) is 5.44. The van der Waals surface area contributed by atoms with E-state index in [4.69, 9.17) is 5.73 Å². The van der Waals surface area contributed by atoms with E-state index in [0.29, 0.717) is 11.1 Å². The first kappa shape index (κ1) is 24.9. The van der Waals surface area contributed by atoms with Crippen LogP contribution < -0.4 is 16.4 Å². The fourth-order valence-corrected chi connectivity index (χ4v) is 3.72. The van der Waals surface area contributed by atoms with Gasteiger partial charge in [0.15, 0.2) is 0 Å². The molecule has 34 heavy (non-hydrogen) atoms. The molecule has 1 fully saturated rings. The zero-order valence-corrected chi connectivity index (χ0v) is 18.7. The van der Waals surface area contributed by atoms with Crippen molar-refractivity contribution in [3.8, 4) is 0 Å². The van der Waals surface area contributed by atoms with Gasteiger partial charge >= 0.3 is 6.18 Å². The molecule has 0 spiro atoms. The van der Waals surface area contributed by atoms with Gasteiger partial charge in [-0.3, -0.25) is 14.6 Å². The maximum Gasteiger partial charge on any atom is 0.410 e. The normalized spacial score (nSPS) is 22.2. The van der Waals surface area contributed by atoms with Crippen LogP contribution in [0.1, 0.15) is 41.3 Å². The van der Waals surface area contributed by atoms with Gasteiger partial charge in [0.2, 0.25) is 5.91 Å². The standard InChI is InChI=1S/C24H24F4N4O2/c1-12-5-4-6-16(11-12)22(33)31-20-19(15-7-9-17(25)10-8-15)18(13(2)29)21(32-23(20)34)30-14(3)24(26,27)28/h4-11,14,19-20H,29H2,1-3H3,(H,31,33)(H,30,32,34)/t14?,19-,20?/m0/s1. The second kappa shape index (κ2) is 9.66. The lowest BCUT2D eigenvalue weighted by molar-refractivity contribution is -0.143. The number of aryl methyl sites for hydroxylation is 1. The molecule has 1 aliphatic rings. The van der Waals surface area contributed by atoms with Gasteiger partial charge in [-0.15, -0.1) is 0 Å². The Morgan fingerprint density at radius 3 is 2.38 bits per heavy atom. The Labute approximate surface area is 193 Å². The molecule has 6 nitrogen and oxygen atoms in total. The number of benzene rings is 2. The Morgan fingerprint density at radius 1 is 1.18 bits per heavy atom. The molecule has 1 aliphatic heterocycles. The van der Waals surface area contributed by atoms with Crippen molar-refractivity contribution in [3.05, 3.63) is 82.3 Å². The number of alkyl halides is 3. The molecule has 2 unspecified atom stereocenters. The summed E-state index contributed by atoms with van der Waals surface area (Å²) in [4.78, 5) is 29.7. The lowest BCUT2D eigenvalue weighted by Gasteiger charge is -2.36. The van der Waals surface area contributed by atoms with Gasteiger partial charge in [-0.1, -0.05) is 29.8 Å². The van der Waals surface area contributed by atoms with E-state index < -0.39 is 41.8 Å². The quantitative estimate of drug-likeness (QED) is 0.587. The molecule has 4 N–H and O–H groups in total. The van der Waals surface area contributed by atoms with Crippen LogP contribution in [0.25, 0.3) is 0 Å². The molecule has 0 saturated carbocycles. The van der Waals surface area contributed by atoms with Gasteiger partial charge in [0.05, 0.1) is 0 Å². The summed E-state index contributed by atoms with van der Waals surface area (Å²) in [7, 11) is 0. The molecule has 2 aromatic rings. The van der Waals surface area contributed by atoms with Crippen molar-refractivity contribution in [3.63, 3.8) is 0 Å². The van der Waals surface area contributed by atoms with E-state index in [-0.39, 0.29) is 17.1 Å². The molecule has 1 saturated heterocycles. The summed E-state index contributed by atoms with van der Waals surface area (Å²) in [6, 6.07) is 8.40. The Bertz CT molecular complexity index is 1150. The van der Waals surface area contributed by atoms with Crippen LogP contribution in [0.3, 0.4) is 0 Å². The van der Waals surface area contributed by atoms with E-state index in [1.807, 2.05) is 0 Å². The molecule has 0 radical (unpaired) electrons. The van der Waals surface area contributed by atoms with E-state index in [1.54, 1.807) is 31.2 Å². The summed E-state index contributed by atoms with van der Waals surface area (Å²) in [6.45, 7) is 4.10. The first-order chi connectivity index (χ1) is 15.9. The van der Waals surface area contributed by atoms with E-state index >= 15 is 0 Å². The van der Waals surface area contributed by atoms with Gasteiger partial charge < -0.3 is 16.4 Å². The molecule has 3 rings (SSSR count). The number of halogens is 4. The molecule has 3 atom stereocenters. The summed E-state index contributed by atoms with van der Waals surface area (Å²) in [5.41, 5.74) is 7.75. The number of hydrogen-bond acceptors (Lipinski definition) is 4. The minimum Gasteiger partial charge on any atom is -0.402 e. The molecule has 0 aliphatic carbocycles. The number of amides is 2. The molecular weight excluding hydrogens is 452 g/mol. The number of carbonyl (C=O) groups excluding carboxylic acids is 2. The summed E-state index contributed by atoms with van der Waals surface area (Å²) >= 11 is 0. The summed E-state index contributed by atoms with van der Waals surface area (Å²) in [5.74, 6) is -3.22. The van der Waals surface area contributed by atoms with E-state index in [9.17, 15) is 27.2 Å². The molecule has 1 heterocycles. The summed E-state index contributed by atoms with van der Waals surface area (Å²) < 4.78 is 53.2. The van der Waals surface area contributed by atoms with Crippen molar-refractivity contribution in [2.75, 3.05) is 0 Å². The molecule has 0 bridgehead atoms. The Balaban J connectivity index is 2.11. The largest absolute Gasteiger partial charge is 0.410 e. The van der Waals surface area contributed by atoms with E-state index in [0.717, 1.165) is 24.6 Å². The van der Waals surface area contributed by atoms with Crippen LogP contribution in [0.2, 0.25) is 0 Å².